The van der Waals surface area contributed by atoms with E-state index >= 15 is 0 Å². The van der Waals surface area contributed by atoms with Crippen LogP contribution in [-0.4, -0.2) is 0 Å². The lowest BCUT2D eigenvalue weighted by atomic mass is 9.98. The summed E-state index contributed by atoms with van der Waals surface area (Å²) >= 11 is 0. The number of benzene rings is 2. The van der Waals surface area contributed by atoms with E-state index in [2.05, 4.69) is 6.92 Å². The lowest BCUT2D eigenvalue weighted by Gasteiger charge is -2.13. The van der Waals surface area contributed by atoms with Crippen molar-refractivity contribution in [2.24, 2.45) is 5.73 Å². The van der Waals surface area contributed by atoms with Gasteiger partial charge >= 0.3 is 0 Å². The van der Waals surface area contributed by atoms with Crippen LogP contribution in [0.2, 0.25) is 0 Å². The van der Waals surface area contributed by atoms with Crippen LogP contribution in [0.5, 0.6) is 0 Å². The molecule has 2 N–H and O–H groups in total. The van der Waals surface area contributed by atoms with Crippen LogP contribution in [0, 0.1) is 11.6 Å². The van der Waals surface area contributed by atoms with Gasteiger partial charge in [-0.25, -0.2) is 8.78 Å². The van der Waals surface area contributed by atoms with Crippen LogP contribution < -0.4 is 5.73 Å². The van der Waals surface area contributed by atoms with E-state index in [9.17, 15) is 8.78 Å². The molecule has 0 spiro atoms. The molecule has 0 bridgehead atoms. The molecule has 2 aromatic rings. The fraction of sp³-hybridized carbons (Fsp3) is 0.200. The molecular formula is C15H15F2N. The largest absolute Gasteiger partial charge is 0.320 e. The Morgan fingerprint density at radius 3 is 2.00 bits per heavy atom. The zero-order valence-electron chi connectivity index (χ0n) is 10.2. The summed E-state index contributed by atoms with van der Waals surface area (Å²) in [6, 6.07) is 10.6. The smallest absolute Gasteiger partial charge is 0.126 e. The minimum atomic E-state index is -0.606. The van der Waals surface area contributed by atoms with Crippen LogP contribution in [0.15, 0.2) is 42.5 Å². The fourth-order valence-electron chi connectivity index (χ4n) is 1.91. The molecule has 0 radical (unpaired) electrons. The highest BCUT2D eigenvalue weighted by atomic mass is 19.1. The monoisotopic (exact) mass is 247 g/mol. The molecule has 18 heavy (non-hydrogen) atoms. The van der Waals surface area contributed by atoms with E-state index in [1.165, 1.54) is 17.7 Å². The fourth-order valence-corrected chi connectivity index (χ4v) is 1.91. The minimum Gasteiger partial charge on any atom is -0.320 e. The molecule has 0 aliphatic heterocycles. The maximum absolute atomic E-state index is 13.1. The van der Waals surface area contributed by atoms with Crippen LogP contribution in [0.1, 0.15) is 29.7 Å². The van der Waals surface area contributed by atoms with E-state index in [1.807, 2.05) is 24.3 Å². The zero-order valence-corrected chi connectivity index (χ0v) is 10.2. The Hall–Kier alpha value is -1.74. The number of nitrogens with two attached hydrogens (primary N) is 1. The highest BCUT2D eigenvalue weighted by molar-refractivity contribution is 5.33. The molecule has 1 atom stereocenters. The molecule has 2 aromatic carbocycles. The number of aryl methyl sites for hydroxylation is 1. The predicted octanol–water partition coefficient (Wildman–Crippen LogP) is 3.58. The van der Waals surface area contributed by atoms with Gasteiger partial charge in [0.2, 0.25) is 0 Å². The summed E-state index contributed by atoms with van der Waals surface area (Å²) in [5.41, 5.74) is 8.50. The molecule has 0 aliphatic rings. The molecule has 0 heterocycles. The summed E-state index contributed by atoms with van der Waals surface area (Å²) < 4.78 is 26.3. The van der Waals surface area contributed by atoms with Gasteiger partial charge in [-0.1, -0.05) is 31.2 Å². The van der Waals surface area contributed by atoms with Crippen molar-refractivity contribution in [1.82, 2.24) is 0 Å². The van der Waals surface area contributed by atoms with Crippen LogP contribution in [0.4, 0.5) is 8.78 Å². The Morgan fingerprint density at radius 2 is 1.50 bits per heavy atom. The third-order valence-corrected chi connectivity index (χ3v) is 2.99. The Bertz CT molecular complexity index is 514. The second-order valence-electron chi connectivity index (χ2n) is 4.28. The topological polar surface area (TPSA) is 26.0 Å². The van der Waals surface area contributed by atoms with Gasteiger partial charge in [0.05, 0.1) is 6.04 Å². The molecule has 0 fully saturated rings. The Morgan fingerprint density at radius 1 is 0.944 bits per heavy atom. The molecule has 1 nitrogen and oxygen atoms in total. The summed E-state index contributed by atoms with van der Waals surface area (Å²) in [4.78, 5) is 0. The molecule has 0 aromatic heterocycles. The SMILES string of the molecule is CCc1ccc(C(N)c2cc(F)cc(F)c2)cc1. The molecule has 0 saturated carbocycles. The first-order valence-electron chi connectivity index (χ1n) is 5.90. The van der Waals surface area contributed by atoms with Crippen molar-refractivity contribution >= 4 is 0 Å². The first-order valence-corrected chi connectivity index (χ1v) is 5.90. The van der Waals surface area contributed by atoms with E-state index in [0.29, 0.717) is 5.56 Å². The quantitative estimate of drug-likeness (QED) is 0.881. The van der Waals surface area contributed by atoms with E-state index < -0.39 is 17.7 Å². The summed E-state index contributed by atoms with van der Waals surface area (Å²) in [7, 11) is 0. The lowest BCUT2D eigenvalue weighted by Crippen LogP contribution is -2.12. The van der Waals surface area contributed by atoms with E-state index in [0.717, 1.165) is 18.1 Å². The van der Waals surface area contributed by atoms with Gasteiger partial charge in [-0.05, 0) is 35.2 Å². The standard InChI is InChI=1S/C15H15F2N/c1-2-10-3-5-11(6-4-10)15(18)12-7-13(16)9-14(17)8-12/h3-9,15H,2,18H2,1H3. The molecular weight excluding hydrogens is 232 g/mol. The normalized spacial score (nSPS) is 12.4. The Labute approximate surface area is 105 Å². The van der Waals surface area contributed by atoms with Gasteiger partial charge in [-0.15, -0.1) is 0 Å². The molecule has 0 saturated heterocycles. The van der Waals surface area contributed by atoms with Crippen molar-refractivity contribution in [2.75, 3.05) is 0 Å². The van der Waals surface area contributed by atoms with Gasteiger partial charge in [0.15, 0.2) is 0 Å². The van der Waals surface area contributed by atoms with Crippen molar-refractivity contribution < 1.29 is 8.78 Å². The molecule has 0 aliphatic carbocycles. The number of hydrogen-bond donors (Lipinski definition) is 1. The van der Waals surface area contributed by atoms with Crippen LogP contribution in [0.25, 0.3) is 0 Å². The molecule has 0 amide bonds. The van der Waals surface area contributed by atoms with Crippen LogP contribution in [0.3, 0.4) is 0 Å². The Balaban J connectivity index is 2.31. The van der Waals surface area contributed by atoms with Gasteiger partial charge in [-0.3, -0.25) is 0 Å². The third kappa shape index (κ3) is 2.74. The number of rotatable bonds is 3. The molecule has 2 rings (SSSR count). The predicted molar refractivity (Wildman–Crippen MR) is 68.2 cm³/mol. The highest BCUT2D eigenvalue weighted by Gasteiger charge is 2.11. The average Bonchev–Trinajstić information content (AvgIpc) is 2.37. The minimum absolute atomic E-state index is 0.441. The first kappa shape index (κ1) is 12.7. The van der Waals surface area contributed by atoms with Crippen LogP contribution in [-0.2, 0) is 6.42 Å². The van der Waals surface area contributed by atoms with E-state index in [-0.39, 0.29) is 0 Å². The summed E-state index contributed by atoms with van der Waals surface area (Å²) in [5, 5.41) is 0. The van der Waals surface area contributed by atoms with Crippen LogP contribution >= 0.6 is 0 Å². The van der Waals surface area contributed by atoms with Crippen molar-refractivity contribution in [3.63, 3.8) is 0 Å². The second-order valence-corrected chi connectivity index (χ2v) is 4.28. The molecule has 94 valence electrons. The zero-order chi connectivity index (χ0) is 13.1. The number of hydrogen-bond acceptors (Lipinski definition) is 1. The van der Waals surface area contributed by atoms with Gasteiger partial charge < -0.3 is 5.73 Å². The summed E-state index contributed by atoms with van der Waals surface area (Å²) in [6.07, 6.45) is 0.949. The maximum Gasteiger partial charge on any atom is 0.126 e. The summed E-state index contributed by atoms with van der Waals surface area (Å²) in [6.45, 7) is 2.07. The van der Waals surface area contributed by atoms with E-state index in [1.54, 1.807) is 0 Å². The van der Waals surface area contributed by atoms with Gasteiger partial charge in [-0.2, -0.15) is 0 Å². The number of halogens is 2. The second kappa shape index (κ2) is 5.27. The van der Waals surface area contributed by atoms with Crippen molar-refractivity contribution in [2.45, 2.75) is 19.4 Å². The van der Waals surface area contributed by atoms with Crippen molar-refractivity contribution in [3.05, 3.63) is 70.8 Å². The Kier molecular flexibility index (Phi) is 3.72. The van der Waals surface area contributed by atoms with Gasteiger partial charge in [0.1, 0.15) is 11.6 Å². The highest BCUT2D eigenvalue weighted by Crippen LogP contribution is 2.21. The lowest BCUT2D eigenvalue weighted by molar-refractivity contribution is 0.577. The van der Waals surface area contributed by atoms with Gasteiger partial charge in [0, 0.05) is 6.07 Å². The third-order valence-electron chi connectivity index (χ3n) is 2.99. The molecule has 3 heteroatoms. The molecule has 1 unspecified atom stereocenters. The summed E-state index contributed by atoms with van der Waals surface area (Å²) in [5.74, 6) is -1.21. The van der Waals surface area contributed by atoms with Crippen molar-refractivity contribution in [1.29, 1.82) is 0 Å². The van der Waals surface area contributed by atoms with E-state index in [4.69, 9.17) is 5.73 Å². The maximum atomic E-state index is 13.1. The van der Waals surface area contributed by atoms with Gasteiger partial charge in [0.25, 0.3) is 0 Å². The first-order chi connectivity index (χ1) is 8.60. The average molecular weight is 247 g/mol. The van der Waals surface area contributed by atoms with Crippen molar-refractivity contribution in [3.8, 4) is 0 Å².